The number of anilines is 1. The number of benzene rings is 1. The lowest BCUT2D eigenvalue weighted by molar-refractivity contribution is 0.102. The van der Waals surface area contributed by atoms with Crippen LogP contribution < -0.4 is 16.2 Å². The predicted octanol–water partition coefficient (Wildman–Crippen LogP) is 2.71. The first-order chi connectivity index (χ1) is 9.29. The highest BCUT2D eigenvalue weighted by Crippen LogP contribution is 2.11. The summed E-state index contributed by atoms with van der Waals surface area (Å²) in [7, 11) is 1.82. The number of aromatic nitrogens is 1. The van der Waals surface area contributed by atoms with Crippen LogP contribution >= 0.6 is 34.0 Å². The molecular formula is C14H18Br2N4O. The fraction of sp³-hybridized carbons (Fsp3) is 0.143. The van der Waals surface area contributed by atoms with Crippen LogP contribution in [0.5, 0.6) is 0 Å². The molecule has 3 N–H and O–H groups in total. The van der Waals surface area contributed by atoms with Crippen molar-refractivity contribution in [3.8, 4) is 0 Å². The highest BCUT2D eigenvalue weighted by Gasteiger charge is 2.05. The molecule has 1 aromatic carbocycles. The molecule has 2 rings (SSSR count). The average Bonchev–Trinajstić information content (AvgIpc) is 2.47. The van der Waals surface area contributed by atoms with Gasteiger partial charge < -0.3 is 5.32 Å². The molecule has 21 heavy (non-hydrogen) atoms. The Kier molecular flexibility index (Phi) is 9.81. The third-order valence-electron chi connectivity index (χ3n) is 2.60. The number of hydrogen-bond acceptors (Lipinski definition) is 4. The number of amides is 1. The molecule has 114 valence electrons. The first-order valence-electron chi connectivity index (χ1n) is 5.99. The van der Waals surface area contributed by atoms with E-state index in [0.717, 1.165) is 17.8 Å². The third-order valence-corrected chi connectivity index (χ3v) is 2.60. The van der Waals surface area contributed by atoms with E-state index in [2.05, 4.69) is 21.2 Å². The monoisotopic (exact) mass is 416 g/mol. The second-order valence-corrected chi connectivity index (χ2v) is 4.00. The Bertz CT molecular complexity index is 534. The van der Waals surface area contributed by atoms with Gasteiger partial charge >= 0.3 is 0 Å². The second kappa shape index (κ2) is 10.4. The minimum atomic E-state index is -0.158. The molecule has 0 radical (unpaired) electrons. The molecule has 1 amide bonds. The van der Waals surface area contributed by atoms with Gasteiger partial charge in [0.2, 0.25) is 0 Å². The van der Waals surface area contributed by atoms with Gasteiger partial charge in [-0.2, -0.15) is 0 Å². The molecule has 0 saturated heterocycles. The Morgan fingerprint density at radius 3 is 2.43 bits per heavy atom. The zero-order valence-corrected chi connectivity index (χ0v) is 14.9. The van der Waals surface area contributed by atoms with E-state index in [1.807, 2.05) is 31.3 Å². The van der Waals surface area contributed by atoms with Crippen LogP contribution in [-0.4, -0.2) is 17.9 Å². The van der Waals surface area contributed by atoms with Gasteiger partial charge in [0.05, 0.1) is 5.56 Å². The van der Waals surface area contributed by atoms with Gasteiger partial charge in [-0.15, -0.1) is 34.0 Å². The van der Waals surface area contributed by atoms with Gasteiger partial charge in [0.15, 0.2) is 0 Å². The zero-order chi connectivity index (χ0) is 13.5. The molecule has 7 heteroatoms. The maximum absolute atomic E-state index is 11.9. The lowest BCUT2D eigenvalue weighted by Gasteiger charge is -2.07. The van der Waals surface area contributed by atoms with Gasteiger partial charge in [0.1, 0.15) is 0 Å². The highest BCUT2D eigenvalue weighted by molar-refractivity contribution is 8.93. The third kappa shape index (κ3) is 6.34. The Labute approximate surface area is 145 Å². The fourth-order valence-corrected chi connectivity index (χ4v) is 1.60. The van der Waals surface area contributed by atoms with Crippen molar-refractivity contribution < 1.29 is 4.79 Å². The van der Waals surface area contributed by atoms with E-state index >= 15 is 0 Å². The first-order valence-corrected chi connectivity index (χ1v) is 5.99. The van der Waals surface area contributed by atoms with Crippen molar-refractivity contribution in [2.45, 2.75) is 6.54 Å². The first kappa shape index (κ1) is 19.7. The van der Waals surface area contributed by atoms with E-state index in [-0.39, 0.29) is 39.9 Å². The average molecular weight is 418 g/mol. The lowest BCUT2D eigenvalue weighted by atomic mass is 10.2. The Morgan fingerprint density at radius 1 is 1.14 bits per heavy atom. The van der Waals surface area contributed by atoms with Crippen LogP contribution in [0.3, 0.4) is 0 Å². The minimum Gasteiger partial charge on any atom is -0.322 e. The van der Waals surface area contributed by atoms with E-state index in [1.54, 1.807) is 24.5 Å². The molecule has 0 saturated carbocycles. The zero-order valence-electron chi connectivity index (χ0n) is 11.5. The van der Waals surface area contributed by atoms with Crippen LogP contribution in [0.15, 0.2) is 48.8 Å². The van der Waals surface area contributed by atoms with Gasteiger partial charge in [0, 0.05) is 24.6 Å². The van der Waals surface area contributed by atoms with Crippen LogP contribution in [0, 0.1) is 0 Å². The molecule has 0 bridgehead atoms. The Balaban J connectivity index is 0.00000200. The SMILES string of the molecule is Br.Br.CNNCc1ccc(NC(=O)c2cccnc2)cc1. The predicted molar refractivity (Wildman–Crippen MR) is 95.2 cm³/mol. The van der Waals surface area contributed by atoms with Crippen molar-refractivity contribution in [2.75, 3.05) is 12.4 Å². The molecule has 0 spiro atoms. The van der Waals surface area contributed by atoms with Gasteiger partial charge in [-0.05, 0) is 36.9 Å². The molecule has 1 heterocycles. The van der Waals surface area contributed by atoms with Crippen molar-refractivity contribution in [2.24, 2.45) is 0 Å². The maximum Gasteiger partial charge on any atom is 0.257 e. The fourth-order valence-electron chi connectivity index (χ4n) is 1.60. The molecule has 0 aliphatic rings. The molecule has 1 aromatic heterocycles. The number of carbonyl (C=O) groups excluding carboxylic acids is 1. The van der Waals surface area contributed by atoms with Crippen LogP contribution in [-0.2, 0) is 6.54 Å². The normalized spacial score (nSPS) is 9.19. The van der Waals surface area contributed by atoms with Crippen LogP contribution in [0.2, 0.25) is 0 Å². The number of halogens is 2. The number of carbonyl (C=O) groups is 1. The summed E-state index contributed by atoms with van der Waals surface area (Å²) in [5.41, 5.74) is 8.31. The van der Waals surface area contributed by atoms with Gasteiger partial charge in [-0.1, -0.05) is 12.1 Å². The Morgan fingerprint density at radius 2 is 1.86 bits per heavy atom. The van der Waals surface area contributed by atoms with Crippen molar-refractivity contribution in [1.82, 2.24) is 15.8 Å². The summed E-state index contributed by atoms with van der Waals surface area (Å²) >= 11 is 0. The van der Waals surface area contributed by atoms with Crippen molar-refractivity contribution in [3.63, 3.8) is 0 Å². The number of rotatable bonds is 5. The van der Waals surface area contributed by atoms with E-state index in [4.69, 9.17) is 0 Å². The van der Waals surface area contributed by atoms with E-state index in [1.165, 1.54) is 0 Å². The van der Waals surface area contributed by atoms with Crippen molar-refractivity contribution in [3.05, 3.63) is 59.9 Å². The minimum absolute atomic E-state index is 0. The van der Waals surface area contributed by atoms with Crippen molar-refractivity contribution >= 4 is 45.6 Å². The summed E-state index contributed by atoms with van der Waals surface area (Å²) in [4.78, 5) is 15.8. The largest absolute Gasteiger partial charge is 0.322 e. The summed E-state index contributed by atoms with van der Waals surface area (Å²) < 4.78 is 0. The lowest BCUT2D eigenvalue weighted by Crippen LogP contribution is -2.26. The molecule has 2 aromatic rings. The number of nitrogens with zero attached hydrogens (tertiary/aromatic N) is 1. The highest BCUT2D eigenvalue weighted by atomic mass is 79.9. The summed E-state index contributed by atoms with van der Waals surface area (Å²) in [6, 6.07) is 11.1. The van der Waals surface area contributed by atoms with Crippen molar-refractivity contribution in [1.29, 1.82) is 0 Å². The van der Waals surface area contributed by atoms with E-state index < -0.39 is 0 Å². The van der Waals surface area contributed by atoms with E-state index in [9.17, 15) is 4.79 Å². The molecule has 0 aliphatic heterocycles. The van der Waals surface area contributed by atoms with Crippen LogP contribution in [0.1, 0.15) is 15.9 Å². The summed E-state index contributed by atoms with van der Waals surface area (Å²) in [6.07, 6.45) is 3.18. The smallest absolute Gasteiger partial charge is 0.257 e. The summed E-state index contributed by atoms with van der Waals surface area (Å²) in [5.74, 6) is -0.158. The quantitative estimate of drug-likeness (QED) is 0.654. The van der Waals surface area contributed by atoms with Crippen LogP contribution in [0.25, 0.3) is 0 Å². The van der Waals surface area contributed by atoms with Gasteiger partial charge in [-0.25, -0.2) is 0 Å². The molecule has 5 nitrogen and oxygen atoms in total. The summed E-state index contributed by atoms with van der Waals surface area (Å²) in [6.45, 7) is 0.729. The Hall–Kier alpha value is -1.28. The second-order valence-electron chi connectivity index (χ2n) is 4.00. The number of nitrogens with one attached hydrogen (secondary N) is 3. The maximum atomic E-state index is 11.9. The standard InChI is InChI=1S/C14H16N4O.2BrH/c1-15-17-9-11-4-6-13(7-5-11)18-14(19)12-3-2-8-16-10-12;;/h2-8,10,15,17H,9H2,1H3,(H,18,19);2*1H. The molecule has 0 aliphatic carbocycles. The van der Waals surface area contributed by atoms with E-state index in [0.29, 0.717) is 5.56 Å². The van der Waals surface area contributed by atoms with Gasteiger partial charge in [-0.3, -0.25) is 20.6 Å². The molecule has 0 unspecified atom stereocenters. The molecule has 0 fully saturated rings. The number of pyridine rings is 1. The molecule has 0 atom stereocenters. The molecular weight excluding hydrogens is 400 g/mol. The topological polar surface area (TPSA) is 66.0 Å². The summed E-state index contributed by atoms with van der Waals surface area (Å²) in [5, 5.41) is 2.83. The number of hydrazine groups is 1. The van der Waals surface area contributed by atoms with Gasteiger partial charge in [0.25, 0.3) is 5.91 Å². The van der Waals surface area contributed by atoms with Crippen LogP contribution in [0.4, 0.5) is 5.69 Å². The number of hydrogen-bond donors (Lipinski definition) is 3.